The Morgan fingerprint density at radius 2 is 1.32 bits per heavy atom. The number of likely N-dealkylation sites (N-methyl/N-ethyl adjacent to an activating group) is 1. The quantitative estimate of drug-likeness (QED) is 0.0232. The number of piperazine rings is 1. The van der Waals surface area contributed by atoms with Crippen LogP contribution in [-0.2, 0) is 49.6 Å². The van der Waals surface area contributed by atoms with Crippen molar-refractivity contribution in [3.8, 4) is 17.1 Å². The SMILES string of the molecule is CN1CCN(c2ccc3nc(-c4ccc(OCCn5cc(CCCCCCc6cn(CC7OC(OC8[C@H](N9C%10[C@@H](O)[C@H](O)C(CN)O[C@@H]%109)C(N)C[C@@H](N)[C@H]8O)[C@@H](O)[C@H]7O[C@H]7O[C@@H](CN)[C@@H](O)C(O)C7N)nn6)nn5)cc4)[nH]c3c2)CC1. The van der Waals surface area contributed by atoms with Crippen molar-refractivity contribution in [2.24, 2.45) is 28.7 Å². The summed E-state index contributed by atoms with van der Waals surface area (Å²) in [4.78, 5) is 14.8. The first-order chi connectivity index (χ1) is 39.2. The van der Waals surface area contributed by atoms with E-state index in [4.69, 9.17) is 62.1 Å². The topological polar surface area (TPSA) is 406 Å². The number of nitrogens with one attached hydrogen (secondary N) is 1. The van der Waals surface area contributed by atoms with Crippen LogP contribution in [0, 0.1) is 0 Å². The molecular weight excluding hydrogens is 1050 g/mol. The molecule has 17 N–H and O–H groups in total. The van der Waals surface area contributed by atoms with E-state index >= 15 is 0 Å². The number of rotatable bonds is 22. The molecule has 20 atom stereocenters. The number of fused-ring (bicyclic) bond motifs is 2. The molecule has 0 amide bonds. The van der Waals surface area contributed by atoms with Crippen molar-refractivity contribution in [1.29, 1.82) is 0 Å². The summed E-state index contributed by atoms with van der Waals surface area (Å²) in [6, 6.07) is 10.1. The molecule has 0 bridgehead atoms. The van der Waals surface area contributed by atoms with E-state index in [1.807, 2.05) is 30.5 Å². The Hall–Kier alpha value is -4.93. The number of hydrogen-bond acceptors (Lipinski definition) is 25. The van der Waals surface area contributed by atoms with Crippen LogP contribution >= 0.6 is 0 Å². The third kappa shape index (κ3) is 12.5. The molecule has 28 heteroatoms. The van der Waals surface area contributed by atoms with E-state index in [2.05, 4.69) is 60.7 Å². The number of aromatic nitrogens is 8. The Bertz CT molecular complexity index is 2820. The molecule has 1 aliphatic carbocycles. The van der Waals surface area contributed by atoms with Gasteiger partial charge in [-0.2, -0.15) is 0 Å². The predicted octanol–water partition coefficient (Wildman–Crippen LogP) is -3.94. The molecule has 444 valence electrons. The van der Waals surface area contributed by atoms with Crippen LogP contribution < -0.4 is 38.3 Å². The second-order valence-corrected chi connectivity index (χ2v) is 22.6. The molecule has 8 heterocycles. The van der Waals surface area contributed by atoms with E-state index in [0.717, 1.165) is 97.8 Å². The van der Waals surface area contributed by atoms with Gasteiger partial charge in [-0.25, -0.2) is 14.3 Å². The van der Waals surface area contributed by atoms with Crippen LogP contribution in [0.4, 0.5) is 5.69 Å². The molecule has 6 fully saturated rings. The Kier molecular flexibility index (Phi) is 17.9. The highest BCUT2D eigenvalue weighted by Gasteiger charge is 2.66. The second kappa shape index (κ2) is 25.1. The number of nitrogens with two attached hydrogens (primary N) is 5. The minimum Gasteiger partial charge on any atom is -0.492 e. The third-order valence-corrected chi connectivity index (χ3v) is 17.0. The number of aliphatic hydroxyl groups is 6. The molecule has 5 saturated heterocycles. The molecule has 2 aromatic carbocycles. The minimum atomic E-state index is -1.55. The van der Waals surface area contributed by atoms with E-state index in [9.17, 15) is 30.6 Å². The summed E-state index contributed by atoms with van der Waals surface area (Å²) in [6.45, 7) is 4.94. The monoisotopic (exact) mass is 1130 g/mol. The second-order valence-electron chi connectivity index (χ2n) is 22.6. The lowest BCUT2D eigenvalue weighted by Gasteiger charge is -2.44. The first kappa shape index (κ1) is 57.9. The fraction of sp³-hybridized carbons (Fsp3) is 0.679. The van der Waals surface area contributed by atoms with Gasteiger partial charge in [0.15, 0.2) is 12.6 Å². The molecule has 5 aliphatic heterocycles. The van der Waals surface area contributed by atoms with Crippen molar-refractivity contribution in [1.82, 2.24) is 49.8 Å². The average Bonchev–Trinajstić information content (AvgIpc) is 2.67. The summed E-state index contributed by atoms with van der Waals surface area (Å²) in [5.74, 6) is 1.58. The predicted molar refractivity (Wildman–Crippen MR) is 290 cm³/mol. The Labute approximate surface area is 468 Å². The van der Waals surface area contributed by atoms with Crippen molar-refractivity contribution < 1.29 is 59.1 Å². The number of benzene rings is 2. The first-order valence-electron chi connectivity index (χ1n) is 28.4. The molecule has 0 radical (unpaired) electrons. The van der Waals surface area contributed by atoms with Crippen LogP contribution in [0.5, 0.6) is 5.75 Å². The molecular formula is C53H80N16O12. The molecule has 9 unspecified atom stereocenters. The van der Waals surface area contributed by atoms with Gasteiger partial charge >= 0.3 is 0 Å². The van der Waals surface area contributed by atoms with E-state index < -0.39 is 116 Å². The lowest BCUT2D eigenvalue weighted by molar-refractivity contribution is -0.280. The standard InChI is InChI=1S/C53H80N16O12/c1-65-14-16-66(17-15-65)30-10-13-34-35(20-30)60-50(59-34)27-8-11-31(12-9-27)76-19-18-67-24-28(61-63-67)6-4-2-3-5-7-29-25-68(64-62-29)26-38-48(80-52-39(58)45(73)43(71)37(23-55)78-52)47(75)53(79-38)81-49-40(32(56)21-33(57)42(49)70)69-41-46(74)44(72)36(22-54)77-51(41)69/h8-13,20,24-25,32-33,36-49,51-53,70-75H,2-7,14-19,21-23,26,54-58H2,1H3,(H,59,60)/t32?,33-,36?,37+,38?,39?,40-,41?,42-,43-,44-,45?,46-,47+,48+,49?,51+,52-,53?,69?/m1/s1. The maximum absolute atomic E-state index is 12.0. The maximum atomic E-state index is 12.0. The number of aromatic amines is 1. The first-order valence-corrected chi connectivity index (χ1v) is 28.4. The van der Waals surface area contributed by atoms with Gasteiger partial charge in [0.25, 0.3) is 0 Å². The highest BCUT2D eigenvalue weighted by Crippen LogP contribution is 2.46. The lowest BCUT2D eigenvalue weighted by Crippen LogP contribution is -2.66. The van der Waals surface area contributed by atoms with Crippen molar-refractivity contribution in [3.63, 3.8) is 0 Å². The summed E-state index contributed by atoms with van der Waals surface area (Å²) >= 11 is 0. The number of aliphatic hydroxyl groups excluding tert-OH is 6. The molecule has 6 aliphatic rings. The van der Waals surface area contributed by atoms with Crippen LogP contribution in [0.1, 0.15) is 43.5 Å². The smallest absolute Gasteiger partial charge is 0.187 e. The molecule has 1 saturated carbocycles. The summed E-state index contributed by atoms with van der Waals surface area (Å²) in [5, 5.41) is 84.0. The van der Waals surface area contributed by atoms with Gasteiger partial charge in [0.2, 0.25) is 0 Å². The molecule has 11 rings (SSSR count). The van der Waals surface area contributed by atoms with Crippen LogP contribution in [0.2, 0.25) is 0 Å². The van der Waals surface area contributed by atoms with Gasteiger partial charge in [-0.3, -0.25) is 4.90 Å². The molecule has 28 nitrogen and oxygen atoms in total. The zero-order chi connectivity index (χ0) is 56.6. The summed E-state index contributed by atoms with van der Waals surface area (Å²) in [7, 11) is 2.16. The highest BCUT2D eigenvalue weighted by atomic mass is 16.7. The zero-order valence-electron chi connectivity index (χ0n) is 45.5. The summed E-state index contributed by atoms with van der Waals surface area (Å²) in [6.07, 6.45) is -7.84. The number of anilines is 1. The fourth-order valence-corrected chi connectivity index (χ4v) is 12.1. The Balaban J connectivity index is 0.645. The van der Waals surface area contributed by atoms with E-state index in [1.165, 1.54) is 5.69 Å². The molecule has 3 aromatic heterocycles. The Morgan fingerprint density at radius 1 is 0.667 bits per heavy atom. The van der Waals surface area contributed by atoms with Crippen molar-refractivity contribution in [3.05, 3.63) is 66.2 Å². The van der Waals surface area contributed by atoms with Crippen molar-refractivity contribution in [2.75, 3.05) is 57.8 Å². The number of nitrogens with zero attached hydrogens (tertiary/aromatic N) is 10. The molecule has 0 spiro atoms. The highest BCUT2D eigenvalue weighted by molar-refractivity contribution is 5.83. The van der Waals surface area contributed by atoms with Crippen molar-refractivity contribution >= 4 is 16.7 Å². The van der Waals surface area contributed by atoms with Crippen LogP contribution in [0.25, 0.3) is 22.4 Å². The normalized spacial score (nSPS) is 36.3. The van der Waals surface area contributed by atoms with Crippen LogP contribution in [-0.4, -0.2) is 249 Å². The summed E-state index contributed by atoms with van der Waals surface area (Å²) in [5.41, 5.74) is 36.8. The number of unbranched alkanes of at least 4 members (excludes halogenated alkanes) is 3. The number of aryl methyl sites for hydroxylation is 2. The fourth-order valence-electron chi connectivity index (χ4n) is 12.1. The van der Waals surface area contributed by atoms with E-state index in [0.29, 0.717) is 19.6 Å². The van der Waals surface area contributed by atoms with Gasteiger partial charge in [-0.15, -0.1) is 10.2 Å². The third-order valence-electron chi connectivity index (χ3n) is 17.0. The van der Waals surface area contributed by atoms with Gasteiger partial charge in [0.05, 0.1) is 59.7 Å². The van der Waals surface area contributed by atoms with Crippen LogP contribution in [0.15, 0.2) is 54.9 Å². The van der Waals surface area contributed by atoms with Gasteiger partial charge in [-0.1, -0.05) is 23.3 Å². The number of H-pyrrole nitrogens is 1. The summed E-state index contributed by atoms with van der Waals surface area (Å²) < 4.78 is 40.5. The van der Waals surface area contributed by atoms with Gasteiger partial charge in [0, 0.05) is 75.0 Å². The number of ether oxygens (including phenoxy) is 6. The van der Waals surface area contributed by atoms with Gasteiger partial charge in [0.1, 0.15) is 85.4 Å². The van der Waals surface area contributed by atoms with Crippen LogP contribution in [0.3, 0.4) is 0 Å². The van der Waals surface area contributed by atoms with Gasteiger partial charge < -0.3 is 103 Å². The molecule has 5 aromatic rings. The molecule has 81 heavy (non-hydrogen) atoms. The van der Waals surface area contributed by atoms with E-state index in [1.54, 1.807) is 20.5 Å². The lowest BCUT2D eigenvalue weighted by atomic mass is 9.82. The maximum Gasteiger partial charge on any atom is 0.187 e. The van der Waals surface area contributed by atoms with E-state index in [-0.39, 0.29) is 26.1 Å². The average molecular weight is 1130 g/mol. The largest absolute Gasteiger partial charge is 0.492 e. The van der Waals surface area contributed by atoms with Gasteiger partial charge in [-0.05, 0) is 81.6 Å². The van der Waals surface area contributed by atoms with Crippen molar-refractivity contribution in [2.45, 2.75) is 174 Å². The number of imidazole rings is 1. The zero-order valence-corrected chi connectivity index (χ0v) is 45.5. The number of hydrogen-bond donors (Lipinski definition) is 12. The minimum absolute atomic E-state index is 0.00926. The Morgan fingerprint density at radius 3 is 2.04 bits per heavy atom.